The van der Waals surface area contributed by atoms with Gasteiger partial charge in [0.2, 0.25) is 0 Å². The molecule has 37 heavy (non-hydrogen) atoms. The summed E-state index contributed by atoms with van der Waals surface area (Å²) in [6, 6.07) is 0. The minimum Gasteiger partial charge on any atom is -0.378 e. The van der Waals surface area contributed by atoms with Gasteiger partial charge in [-0.3, -0.25) is 0 Å². The molecule has 1 nitrogen and oxygen atoms in total. The lowest BCUT2D eigenvalue weighted by Gasteiger charge is -2.61. The third-order valence-electron chi connectivity index (χ3n) is 12.9. The van der Waals surface area contributed by atoms with E-state index >= 15 is 0 Å². The standard InChI is InChI=1S/C36H66O/c1-7-8-9-10-11-12-13-25-37-30-21-23-35(5)29(26-30)17-18-31-33-20-19-32(28(4)16-14-15-27(2)3)36(33,6)24-22-34(31)35/h27-34H,7-26H2,1-6H3/t28-,29?,30+,31+,32-,33+,34+,35+,36-/m1/s1. The molecule has 0 aromatic heterocycles. The summed E-state index contributed by atoms with van der Waals surface area (Å²) in [5, 5.41) is 0. The van der Waals surface area contributed by atoms with E-state index in [2.05, 4.69) is 41.5 Å². The van der Waals surface area contributed by atoms with Gasteiger partial charge in [0, 0.05) is 6.61 Å². The fraction of sp³-hybridized carbons (Fsp3) is 1.00. The minimum atomic E-state index is 0.561. The van der Waals surface area contributed by atoms with Crippen molar-refractivity contribution in [1.82, 2.24) is 0 Å². The van der Waals surface area contributed by atoms with E-state index in [-0.39, 0.29) is 0 Å². The molecule has 0 bridgehead atoms. The van der Waals surface area contributed by atoms with E-state index in [1.807, 2.05) is 0 Å². The molecule has 4 aliphatic rings. The Balaban J connectivity index is 1.26. The summed E-state index contributed by atoms with van der Waals surface area (Å²) in [7, 11) is 0. The van der Waals surface area contributed by atoms with Crippen LogP contribution in [0.2, 0.25) is 0 Å². The molecule has 0 spiro atoms. The van der Waals surface area contributed by atoms with Gasteiger partial charge >= 0.3 is 0 Å². The highest BCUT2D eigenvalue weighted by atomic mass is 16.5. The molecule has 9 atom stereocenters. The second kappa shape index (κ2) is 13.5. The SMILES string of the molecule is CCCCCCCCCO[C@H]1CC[C@@]2(C)C(CC[C@H]3[C@@H]4CC[C@H]([C@H](C)CCCC(C)C)[C@@]4(C)CC[C@@H]32)C1. The van der Waals surface area contributed by atoms with E-state index in [9.17, 15) is 0 Å². The zero-order chi connectivity index (χ0) is 26.5. The van der Waals surface area contributed by atoms with E-state index in [0.29, 0.717) is 16.9 Å². The lowest BCUT2D eigenvalue weighted by molar-refractivity contribution is -0.136. The predicted octanol–water partition coefficient (Wildman–Crippen LogP) is 11.2. The van der Waals surface area contributed by atoms with Crippen molar-refractivity contribution in [2.24, 2.45) is 52.3 Å². The molecule has 0 amide bonds. The second-order valence-electron chi connectivity index (χ2n) is 15.6. The summed E-state index contributed by atoms with van der Waals surface area (Å²) >= 11 is 0. The lowest BCUT2D eigenvalue weighted by atomic mass is 9.44. The highest BCUT2D eigenvalue weighted by molar-refractivity contribution is 5.09. The number of fused-ring (bicyclic) bond motifs is 5. The Morgan fingerprint density at radius 1 is 0.703 bits per heavy atom. The average Bonchev–Trinajstić information content (AvgIpc) is 3.22. The monoisotopic (exact) mass is 515 g/mol. The second-order valence-corrected chi connectivity index (χ2v) is 15.6. The van der Waals surface area contributed by atoms with Gasteiger partial charge in [0.25, 0.3) is 0 Å². The van der Waals surface area contributed by atoms with Crippen LogP contribution >= 0.6 is 0 Å². The van der Waals surface area contributed by atoms with Crippen LogP contribution in [-0.2, 0) is 4.74 Å². The molecule has 1 unspecified atom stereocenters. The van der Waals surface area contributed by atoms with Crippen LogP contribution in [0.5, 0.6) is 0 Å². The molecule has 4 aliphatic carbocycles. The minimum absolute atomic E-state index is 0.561. The Bertz CT molecular complexity index is 670. The summed E-state index contributed by atoms with van der Waals surface area (Å²) in [5.41, 5.74) is 1.24. The van der Waals surface area contributed by atoms with E-state index < -0.39 is 0 Å². The van der Waals surface area contributed by atoms with Crippen LogP contribution in [-0.4, -0.2) is 12.7 Å². The van der Waals surface area contributed by atoms with E-state index in [1.165, 1.54) is 116 Å². The molecule has 4 rings (SSSR count). The van der Waals surface area contributed by atoms with Crippen LogP contribution in [0.25, 0.3) is 0 Å². The fourth-order valence-corrected chi connectivity index (χ4v) is 10.7. The van der Waals surface area contributed by atoms with E-state index in [0.717, 1.165) is 48.0 Å². The van der Waals surface area contributed by atoms with Crippen molar-refractivity contribution in [3.05, 3.63) is 0 Å². The molecule has 4 fully saturated rings. The molecule has 4 saturated carbocycles. The summed E-state index contributed by atoms with van der Waals surface area (Å²) in [5.74, 6) is 6.77. The largest absolute Gasteiger partial charge is 0.378 e. The molecule has 0 N–H and O–H groups in total. The third kappa shape index (κ3) is 6.82. The van der Waals surface area contributed by atoms with Gasteiger partial charge in [-0.25, -0.2) is 0 Å². The van der Waals surface area contributed by atoms with Gasteiger partial charge < -0.3 is 4.74 Å². The number of ether oxygens (including phenoxy) is 1. The van der Waals surface area contributed by atoms with Crippen LogP contribution in [0.3, 0.4) is 0 Å². The van der Waals surface area contributed by atoms with Crippen molar-refractivity contribution < 1.29 is 4.74 Å². The van der Waals surface area contributed by atoms with Crippen LogP contribution in [0, 0.1) is 52.3 Å². The van der Waals surface area contributed by atoms with Crippen LogP contribution < -0.4 is 0 Å². The van der Waals surface area contributed by atoms with Crippen molar-refractivity contribution in [2.45, 2.75) is 170 Å². The van der Waals surface area contributed by atoms with Gasteiger partial charge in [-0.05, 0) is 116 Å². The summed E-state index contributed by atoms with van der Waals surface area (Å²) in [6.07, 6.45) is 27.9. The Morgan fingerprint density at radius 2 is 1.41 bits per heavy atom. The number of hydrogen-bond donors (Lipinski definition) is 0. The molecular formula is C36H66O. The van der Waals surface area contributed by atoms with Crippen molar-refractivity contribution in [2.75, 3.05) is 6.61 Å². The maximum absolute atomic E-state index is 6.51. The first kappa shape index (κ1) is 29.9. The topological polar surface area (TPSA) is 9.23 Å². The lowest BCUT2D eigenvalue weighted by Crippen LogP contribution is -2.54. The summed E-state index contributed by atoms with van der Waals surface area (Å²) < 4.78 is 6.51. The van der Waals surface area contributed by atoms with Crippen LogP contribution in [0.15, 0.2) is 0 Å². The Hall–Kier alpha value is -0.0400. The van der Waals surface area contributed by atoms with Crippen LogP contribution in [0.1, 0.15) is 164 Å². The summed E-state index contributed by atoms with van der Waals surface area (Å²) in [4.78, 5) is 0. The number of rotatable bonds is 14. The van der Waals surface area contributed by atoms with Gasteiger partial charge in [0.05, 0.1) is 6.10 Å². The highest BCUT2D eigenvalue weighted by Gasteiger charge is 2.60. The maximum Gasteiger partial charge on any atom is 0.0578 e. The molecule has 0 aliphatic heterocycles. The smallest absolute Gasteiger partial charge is 0.0578 e. The first-order valence-corrected chi connectivity index (χ1v) is 17.4. The zero-order valence-corrected chi connectivity index (χ0v) is 26.2. The Kier molecular flexibility index (Phi) is 11.0. The van der Waals surface area contributed by atoms with Crippen molar-refractivity contribution >= 4 is 0 Å². The number of hydrogen-bond acceptors (Lipinski definition) is 1. The van der Waals surface area contributed by atoms with E-state index in [4.69, 9.17) is 4.74 Å². The molecule has 0 aromatic rings. The van der Waals surface area contributed by atoms with Crippen molar-refractivity contribution in [1.29, 1.82) is 0 Å². The zero-order valence-electron chi connectivity index (χ0n) is 26.2. The normalized spacial score (nSPS) is 40.3. The highest BCUT2D eigenvalue weighted by Crippen LogP contribution is 2.68. The average molecular weight is 515 g/mol. The molecule has 0 heterocycles. The predicted molar refractivity (Wildman–Crippen MR) is 161 cm³/mol. The maximum atomic E-state index is 6.51. The fourth-order valence-electron chi connectivity index (χ4n) is 10.7. The van der Waals surface area contributed by atoms with Gasteiger partial charge in [0.1, 0.15) is 0 Å². The quantitative estimate of drug-likeness (QED) is 0.209. The first-order valence-electron chi connectivity index (χ1n) is 17.4. The molecule has 0 aromatic carbocycles. The molecular weight excluding hydrogens is 448 g/mol. The summed E-state index contributed by atoms with van der Waals surface area (Å²) in [6.45, 7) is 16.2. The molecule has 1 heteroatoms. The Labute approximate surface area is 233 Å². The third-order valence-corrected chi connectivity index (χ3v) is 12.9. The van der Waals surface area contributed by atoms with E-state index in [1.54, 1.807) is 6.42 Å². The van der Waals surface area contributed by atoms with Crippen molar-refractivity contribution in [3.8, 4) is 0 Å². The van der Waals surface area contributed by atoms with Gasteiger partial charge in [-0.1, -0.05) is 99.3 Å². The van der Waals surface area contributed by atoms with Crippen molar-refractivity contribution in [3.63, 3.8) is 0 Å². The first-order chi connectivity index (χ1) is 17.8. The van der Waals surface area contributed by atoms with Gasteiger partial charge in [-0.2, -0.15) is 0 Å². The molecule has 0 saturated heterocycles. The number of unbranched alkanes of at least 4 members (excludes halogenated alkanes) is 6. The van der Waals surface area contributed by atoms with Gasteiger partial charge in [-0.15, -0.1) is 0 Å². The van der Waals surface area contributed by atoms with Crippen LogP contribution in [0.4, 0.5) is 0 Å². The Morgan fingerprint density at radius 3 is 2.16 bits per heavy atom. The molecule has 0 radical (unpaired) electrons. The van der Waals surface area contributed by atoms with Gasteiger partial charge in [0.15, 0.2) is 0 Å². The molecule has 216 valence electrons.